The summed E-state index contributed by atoms with van der Waals surface area (Å²) < 4.78 is 19.1. The topological polar surface area (TPSA) is 60.8 Å². The number of aromatic nitrogens is 2. The van der Waals surface area contributed by atoms with Crippen LogP contribution in [-0.2, 0) is 0 Å². The van der Waals surface area contributed by atoms with Crippen LogP contribution in [0.1, 0.15) is 30.4 Å². The lowest BCUT2D eigenvalue weighted by Crippen LogP contribution is -2.30. The average molecular weight is 501 g/mol. The molecule has 5 rings (SSSR count). The highest BCUT2D eigenvalue weighted by atomic mass is 32.1. The highest BCUT2D eigenvalue weighted by molar-refractivity contribution is 7.80. The Balaban J connectivity index is 1.66. The summed E-state index contributed by atoms with van der Waals surface area (Å²) in [4.78, 5) is 6.76. The summed E-state index contributed by atoms with van der Waals surface area (Å²) in [6, 6.07) is 23.5. The molecule has 2 aromatic heterocycles. The zero-order valence-corrected chi connectivity index (χ0v) is 21.2. The van der Waals surface area contributed by atoms with Crippen LogP contribution in [0.15, 0.2) is 85.2 Å². The van der Waals surface area contributed by atoms with Crippen LogP contribution in [0.3, 0.4) is 0 Å². The van der Waals surface area contributed by atoms with Gasteiger partial charge < -0.3 is 29.0 Å². The third-order valence-corrected chi connectivity index (χ3v) is 6.57. The van der Waals surface area contributed by atoms with Crippen LogP contribution < -0.4 is 24.4 Å². The molecule has 7 nitrogen and oxygen atoms in total. The molecule has 0 aliphatic carbocycles. The number of benzene rings is 2. The summed E-state index contributed by atoms with van der Waals surface area (Å²) >= 11 is 5.91. The van der Waals surface area contributed by atoms with Crippen LogP contribution in [0.5, 0.6) is 17.2 Å². The first kappa shape index (κ1) is 23.7. The Morgan fingerprint density at radius 2 is 1.75 bits per heavy atom. The molecule has 1 N–H and O–H groups in total. The Bertz CT molecular complexity index is 1340. The highest BCUT2D eigenvalue weighted by Gasteiger charge is 2.43. The largest absolute Gasteiger partial charge is 0.497 e. The molecule has 8 heteroatoms. The van der Waals surface area contributed by atoms with E-state index in [-0.39, 0.29) is 12.1 Å². The van der Waals surface area contributed by atoms with Crippen molar-refractivity contribution in [2.45, 2.75) is 19.0 Å². The monoisotopic (exact) mass is 500 g/mol. The van der Waals surface area contributed by atoms with Crippen molar-refractivity contribution in [2.75, 3.05) is 25.7 Å². The maximum absolute atomic E-state index is 5.91. The number of anilines is 1. The lowest BCUT2D eigenvalue weighted by atomic mass is 10.0. The van der Waals surface area contributed by atoms with Gasteiger partial charge in [-0.2, -0.15) is 0 Å². The minimum atomic E-state index is -0.213. The van der Waals surface area contributed by atoms with Crippen molar-refractivity contribution in [3.8, 4) is 22.9 Å². The molecule has 0 spiro atoms. The molecule has 4 aromatic rings. The van der Waals surface area contributed by atoms with Crippen molar-refractivity contribution in [3.05, 3.63) is 96.6 Å². The van der Waals surface area contributed by atoms with Crippen molar-refractivity contribution < 1.29 is 14.2 Å². The van der Waals surface area contributed by atoms with E-state index in [1.165, 1.54) is 0 Å². The van der Waals surface area contributed by atoms with E-state index in [0.29, 0.717) is 17.5 Å². The standard InChI is InChI=1S/C28H28N4O3S/c1-4-35-20-12-10-19(11-13-20)31-17-7-9-23(31)27-26(22-8-5-6-16-29-22)30-28(36)32(27)24-18-21(33-2)14-15-25(24)34-3/h5-18,26-27H,4H2,1-3H3,(H,30,36)/t26-,27+/m1/s1. The van der Waals surface area contributed by atoms with E-state index in [0.717, 1.165) is 34.3 Å². The molecule has 1 saturated heterocycles. The van der Waals surface area contributed by atoms with Crippen LogP contribution in [0.2, 0.25) is 0 Å². The van der Waals surface area contributed by atoms with Gasteiger partial charge in [0, 0.05) is 29.8 Å². The molecule has 2 atom stereocenters. The minimum Gasteiger partial charge on any atom is -0.497 e. The molecule has 1 aliphatic rings. The Morgan fingerprint density at radius 1 is 0.944 bits per heavy atom. The number of ether oxygens (including phenoxy) is 3. The summed E-state index contributed by atoms with van der Waals surface area (Å²) in [5, 5.41) is 4.10. The first-order valence-corrected chi connectivity index (χ1v) is 12.2. The third kappa shape index (κ3) is 4.35. The lowest BCUT2D eigenvalue weighted by Gasteiger charge is -2.30. The van der Waals surface area contributed by atoms with E-state index >= 15 is 0 Å². The molecule has 184 valence electrons. The number of hydrogen-bond donors (Lipinski definition) is 1. The van der Waals surface area contributed by atoms with E-state index < -0.39 is 0 Å². The van der Waals surface area contributed by atoms with Gasteiger partial charge >= 0.3 is 0 Å². The fourth-order valence-corrected chi connectivity index (χ4v) is 4.98. The molecule has 0 bridgehead atoms. The van der Waals surface area contributed by atoms with Crippen LogP contribution in [0.4, 0.5) is 5.69 Å². The van der Waals surface area contributed by atoms with Crippen molar-refractivity contribution in [1.82, 2.24) is 14.9 Å². The molecule has 36 heavy (non-hydrogen) atoms. The van der Waals surface area contributed by atoms with Gasteiger partial charge in [-0.25, -0.2) is 0 Å². The summed E-state index contributed by atoms with van der Waals surface area (Å²) in [6.07, 6.45) is 3.86. The summed E-state index contributed by atoms with van der Waals surface area (Å²) in [6.45, 7) is 2.61. The van der Waals surface area contributed by atoms with Gasteiger partial charge in [0.1, 0.15) is 23.3 Å². The Kier molecular flexibility index (Phi) is 6.77. The quantitative estimate of drug-likeness (QED) is 0.322. The van der Waals surface area contributed by atoms with E-state index in [9.17, 15) is 0 Å². The van der Waals surface area contributed by atoms with Crippen LogP contribution in [-0.4, -0.2) is 35.5 Å². The van der Waals surface area contributed by atoms with E-state index in [4.69, 9.17) is 26.4 Å². The van der Waals surface area contributed by atoms with Gasteiger partial charge in [0.05, 0.1) is 38.2 Å². The number of methoxy groups -OCH3 is 2. The molecule has 0 amide bonds. The number of pyridine rings is 1. The molecule has 0 saturated carbocycles. The SMILES string of the molecule is CCOc1ccc(-n2cccc2[C@H]2[C@@H](c3ccccn3)NC(=S)N2c2cc(OC)ccc2OC)cc1. The van der Waals surface area contributed by atoms with Gasteiger partial charge in [0.25, 0.3) is 0 Å². The molecule has 1 aliphatic heterocycles. The Morgan fingerprint density at radius 3 is 2.44 bits per heavy atom. The Labute approximate surface area is 216 Å². The highest BCUT2D eigenvalue weighted by Crippen LogP contribution is 2.46. The van der Waals surface area contributed by atoms with Crippen LogP contribution in [0.25, 0.3) is 5.69 Å². The van der Waals surface area contributed by atoms with Crippen molar-refractivity contribution in [3.63, 3.8) is 0 Å². The van der Waals surface area contributed by atoms with Crippen LogP contribution >= 0.6 is 12.2 Å². The van der Waals surface area contributed by atoms with Gasteiger partial charge in [-0.3, -0.25) is 4.98 Å². The summed E-state index contributed by atoms with van der Waals surface area (Å²) in [5.41, 5.74) is 3.78. The number of thiocarbonyl (C=S) groups is 1. The molecule has 1 fully saturated rings. The maximum Gasteiger partial charge on any atom is 0.174 e. The second kappa shape index (κ2) is 10.3. The zero-order valence-electron chi connectivity index (χ0n) is 20.4. The fraction of sp³-hybridized carbons (Fsp3) is 0.214. The number of nitrogens with zero attached hydrogens (tertiary/aromatic N) is 3. The van der Waals surface area contributed by atoms with E-state index in [1.54, 1.807) is 20.4 Å². The van der Waals surface area contributed by atoms with Crippen LogP contribution in [0, 0.1) is 0 Å². The van der Waals surface area contributed by atoms with Crippen molar-refractivity contribution in [2.24, 2.45) is 0 Å². The van der Waals surface area contributed by atoms with Gasteiger partial charge in [-0.05, 0) is 79.8 Å². The van der Waals surface area contributed by atoms with E-state index in [1.807, 2.05) is 61.5 Å². The fourth-order valence-electron chi connectivity index (χ4n) is 4.64. The van der Waals surface area contributed by atoms with Crippen molar-refractivity contribution >= 4 is 23.0 Å². The van der Waals surface area contributed by atoms with Gasteiger partial charge in [-0.1, -0.05) is 6.07 Å². The first-order chi connectivity index (χ1) is 17.6. The molecule has 2 aromatic carbocycles. The molecular weight excluding hydrogens is 472 g/mol. The smallest absolute Gasteiger partial charge is 0.174 e. The molecule has 0 unspecified atom stereocenters. The number of hydrogen-bond acceptors (Lipinski definition) is 5. The van der Waals surface area contributed by atoms with Gasteiger partial charge in [-0.15, -0.1) is 0 Å². The van der Waals surface area contributed by atoms with Gasteiger partial charge in [0.2, 0.25) is 0 Å². The first-order valence-electron chi connectivity index (χ1n) is 11.8. The molecular formula is C28H28N4O3S. The second-order valence-electron chi connectivity index (χ2n) is 8.26. The summed E-state index contributed by atoms with van der Waals surface area (Å²) in [7, 11) is 3.31. The maximum atomic E-state index is 5.91. The minimum absolute atomic E-state index is 0.189. The predicted molar refractivity (Wildman–Crippen MR) is 144 cm³/mol. The second-order valence-corrected chi connectivity index (χ2v) is 8.65. The Hall–Kier alpha value is -4.04. The number of nitrogens with one attached hydrogen (secondary N) is 1. The normalized spacial score (nSPS) is 17.1. The van der Waals surface area contributed by atoms with Crippen molar-refractivity contribution in [1.29, 1.82) is 0 Å². The zero-order chi connectivity index (χ0) is 25.1. The van der Waals surface area contributed by atoms with Gasteiger partial charge in [0.15, 0.2) is 5.11 Å². The number of rotatable bonds is 8. The lowest BCUT2D eigenvalue weighted by molar-refractivity contribution is 0.340. The summed E-state index contributed by atoms with van der Waals surface area (Å²) in [5.74, 6) is 2.26. The third-order valence-electron chi connectivity index (χ3n) is 6.25. The molecule has 3 heterocycles. The predicted octanol–water partition coefficient (Wildman–Crippen LogP) is 5.47. The average Bonchev–Trinajstić information content (AvgIpc) is 3.53. The molecule has 0 radical (unpaired) electrons. The van der Waals surface area contributed by atoms with E-state index in [2.05, 4.69) is 44.2 Å².